The van der Waals surface area contributed by atoms with Gasteiger partial charge in [-0.25, -0.2) is 4.98 Å². The fourth-order valence-corrected chi connectivity index (χ4v) is 5.00. The van der Waals surface area contributed by atoms with E-state index in [4.69, 9.17) is 4.98 Å². The molecule has 1 aliphatic heterocycles. The molecular weight excluding hydrogens is 432 g/mol. The molecular formula is C23H15BrN2OS. The molecule has 28 heavy (non-hydrogen) atoms. The van der Waals surface area contributed by atoms with Crippen LogP contribution in [0.3, 0.4) is 0 Å². The van der Waals surface area contributed by atoms with Gasteiger partial charge in [0.25, 0.3) is 0 Å². The van der Waals surface area contributed by atoms with Gasteiger partial charge in [-0.15, -0.1) is 11.3 Å². The molecule has 0 fully saturated rings. The summed E-state index contributed by atoms with van der Waals surface area (Å²) in [6, 6.07) is 21.8. The number of nitrogens with one attached hydrogen (secondary N) is 1. The van der Waals surface area contributed by atoms with Crippen molar-refractivity contribution in [3.63, 3.8) is 0 Å². The minimum atomic E-state index is -0.00364. The van der Waals surface area contributed by atoms with Crippen molar-refractivity contribution in [3.8, 4) is 10.6 Å². The monoisotopic (exact) mass is 446 g/mol. The Bertz CT molecular complexity index is 1380. The molecule has 3 aromatic carbocycles. The molecule has 0 radical (unpaired) electrons. The number of hydrogen-bond acceptors (Lipinski definition) is 4. The zero-order chi connectivity index (χ0) is 19.3. The summed E-state index contributed by atoms with van der Waals surface area (Å²) >= 11 is 5.12. The Kier molecular flexibility index (Phi) is 4.14. The molecule has 5 heteroatoms. The summed E-state index contributed by atoms with van der Waals surface area (Å²) in [7, 11) is 0. The first kappa shape index (κ1) is 17.3. The lowest BCUT2D eigenvalue weighted by molar-refractivity contribution is 1.42. The van der Waals surface area contributed by atoms with Crippen LogP contribution in [0.5, 0.6) is 0 Å². The van der Waals surface area contributed by atoms with E-state index in [2.05, 4.69) is 21.2 Å². The van der Waals surface area contributed by atoms with Gasteiger partial charge in [0.2, 0.25) is 5.43 Å². The smallest absolute Gasteiger partial charge is 0.211 e. The summed E-state index contributed by atoms with van der Waals surface area (Å²) in [6.45, 7) is 2.05. The standard InChI is InChI=1S/C23H15BrN2OS/c1-13-6-9-15(10-7-13)25-21-22(27)17-5-3-2-4-16(17)20-23(21)28-19-12-14(24)8-11-18(19)26-20/h2-12,25H,1H3. The van der Waals surface area contributed by atoms with Gasteiger partial charge in [0.1, 0.15) is 5.69 Å². The van der Waals surface area contributed by atoms with Crippen LogP contribution in [0.2, 0.25) is 0 Å². The van der Waals surface area contributed by atoms with E-state index in [-0.39, 0.29) is 5.43 Å². The highest BCUT2D eigenvalue weighted by atomic mass is 79.9. The van der Waals surface area contributed by atoms with Gasteiger partial charge in [-0.3, -0.25) is 4.79 Å². The van der Waals surface area contributed by atoms with E-state index in [1.807, 2.05) is 73.7 Å². The van der Waals surface area contributed by atoms with E-state index in [9.17, 15) is 4.79 Å². The van der Waals surface area contributed by atoms with E-state index in [0.717, 1.165) is 36.3 Å². The average molecular weight is 447 g/mol. The number of aryl methyl sites for hydroxylation is 1. The minimum Gasteiger partial charge on any atom is -0.351 e. The highest BCUT2D eigenvalue weighted by molar-refractivity contribution is 9.10. The third kappa shape index (κ3) is 2.87. The molecule has 0 bridgehead atoms. The van der Waals surface area contributed by atoms with Crippen molar-refractivity contribution in [2.45, 2.75) is 6.92 Å². The lowest BCUT2D eigenvalue weighted by Crippen LogP contribution is -2.11. The number of fused-ring (bicyclic) bond motifs is 4. The zero-order valence-electron chi connectivity index (χ0n) is 15.0. The summed E-state index contributed by atoms with van der Waals surface area (Å²) in [5.41, 5.74) is 4.42. The molecule has 0 aromatic heterocycles. The van der Waals surface area contributed by atoms with E-state index in [1.54, 1.807) is 11.3 Å². The summed E-state index contributed by atoms with van der Waals surface area (Å²) in [4.78, 5) is 19.1. The SMILES string of the molecule is Cc1ccc(Nc2c3sc4cc(Br)ccc4nc-3c3ccccc3c2=O)cc1. The topological polar surface area (TPSA) is 42.0 Å². The second-order valence-corrected chi connectivity index (χ2v) is 8.71. The Morgan fingerprint density at radius 1 is 0.964 bits per heavy atom. The molecule has 0 amide bonds. The lowest BCUT2D eigenvalue weighted by atomic mass is 10.0. The van der Waals surface area contributed by atoms with Crippen molar-refractivity contribution < 1.29 is 0 Å². The van der Waals surface area contributed by atoms with Crippen molar-refractivity contribution in [1.29, 1.82) is 0 Å². The Morgan fingerprint density at radius 2 is 1.71 bits per heavy atom. The Labute approximate surface area is 174 Å². The van der Waals surface area contributed by atoms with Gasteiger partial charge in [-0.1, -0.05) is 57.9 Å². The molecule has 0 saturated carbocycles. The second kappa shape index (κ2) is 6.69. The first-order valence-corrected chi connectivity index (χ1v) is 10.5. The number of benzene rings is 4. The van der Waals surface area contributed by atoms with Gasteiger partial charge in [-0.05, 0) is 37.3 Å². The van der Waals surface area contributed by atoms with Gasteiger partial charge in [0.15, 0.2) is 0 Å². The molecule has 2 aliphatic rings. The predicted octanol–water partition coefficient (Wildman–Crippen LogP) is 6.73. The summed E-state index contributed by atoms with van der Waals surface area (Å²) in [6.07, 6.45) is 0. The maximum atomic E-state index is 13.3. The van der Waals surface area contributed by atoms with Crippen molar-refractivity contribution in [2.75, 3.05) is 5.32 Å². The minimum absolute atomic E-state index is 0.00364. The Hall–Kier alpha value is -2.76. The van der Waals surface area contributed by atoms with Crippen LogP contribution in [0.15, 0.2) is 76.0 Å². The van der Waals surface area contributed by atoms with Crippen LogP contribution < -0.4 is 10.7 Å². The third-order valence-corrected chi connectivity index (χ3v) is 6.42. The largest absolute Gasteiger partial charge is 0.351 e. The summed E-state index contributed by atoms with van der Waals surface area (Å²) in [5.74, 6) is 0. The molecule has 136 valence electrons. The van der Waals surface area contributed by atoms with Crippen LogP contribution in [0.1, 0.15) is 5.56 Å². The van der Waals surface area contributed by atoms with Gasteiger partial charge in [0, 0.05) is 20.9 Å². The molecule has 1 N–H and O–H groups in total. The third-order valence-electron chi connectivity index (χ3n) is 4.78. The average Bonchev–Trinajstić information content (AvgIpc) is 2.71. The first-order chi connectivity index (χ1) is 13.6. The molecule has 5 rings (SSSR count). The summed E-state index contributed by atoms with van der Waals surface area (Å²) < 4.78 is 2.03. The van der Waals surface area contributed by atoms with Gasteiger partial charge in [0.05, 0.1) is 20.8 Å². The van der Waals surface area contributed by atoms with Crippen molar-refractivity contribution >= 4 is 59.6 Å². The Balaban J connectivity index is 1.87. The summed E-state index contributed by atoms with van der Waals surface area (Å²) in [5, 5.41) is 4.93. The maximum absolute atomic E-state index is 13.3. The molecule has 0 atom stereocenters. The van der Waals surface area contributed by atoms with Crippen LogP contribution in [0, 0.1) is 6.92 Å². The molecule has 0 spiro atoms. The fourth-order valence-electron chi connectivity index (χ4n) is 3.36. The predicted molar refractivity (Wildman–Crippen MR) is 122 cm³/mol. The second-order valence-electron chi connectivity index (χ2n) is 6.74. The molecule has 3 aromatic rings. The van der Waals surface area contributed by atoms with Crippen LogP contribution in [0.25, 0.3) is 31.6 Å². The van der Waals surface area contributed by atoms with E-state index in [0.29, 0.717) is 11.1 Å². The van der Waals surface area contributed by atoms with Crippen molar-refractivity contribution in [3.05, 3.63) is 87.0 Å². The lowest BCUT2D eigenvalue weighted by Gasteiger charge is -2.16. The number of nitrogens with zero attached hydrogens (tertiary/aromatic N) is 1. The maximum Gasteiger partial charge on any atom is 0.211 e. The van der Waals surface area contributed by atoms with Gasteiger partial charge >= 0.3 is 0 Å². The highest BCUT2D eigenvalue weighted by Crippen LogP contribution is 2.40. The highest BCUT2D eigenvalue weighted by Gasteiger charge is 2.20. The Morgan fingerprint density at radius 3 is 2.50 bits per heavy atom. The van der Waals surface area contributed by atoms with E-state index < -0.39 is 0 Å². The zero-order valence-corrected chi connectivity index (χ0v) is 17.4. The van der Waals surface area contributed by atoms with E-state index >= 15 is 0 Å². The fraction of sp³-hybridized carbons (Fsp3) is 0.0435. The first-order valence-electron chi connectivity index (χ1n) is 8.89. The van der Waals surface area contributed by atoms with Crippen LogP contribution in [-0.4, -0.2) is 4.98 Å². The van der Waals surface area contributed by atoms with Crippen LogP contribution >= 0.6 is 27.3 Å². The number of halogens is 1. The number of aromatic nitrogens is 1. The number of hydrogen-bond donors (Lipinski definition) is 1. The quantitative estimate of drug-likeness (QED) is 0.241. The van der Waals surface area contributed by atoms with Crippen molar-refractivity contribution in [1.82, 2.24) is 4.98 Å². The van der Waals surface area contributed by atoms with Crippen LogP contribution in [-0.2, 0) is 0 Å². The van der Waals surface area contributed by atoms with Gasteiger partial charge in [-0.2, -0.15) is 0 Å². The number of rotatable bonds is 2. The van der Waals surface area contributed by atoms with Crippen LogP contribution in [0.4, 0.5) is 11.4 Å². The van der Waals surface area contributed by atoms with E-state index in [1.165, 1.54) is 5.56 Å². The molecule has 1 heterocycles. The molecule has 3 nitrogen and oxygen atoms in total. The molecule has 0 unspecified atom stereocenters. The van der Waals surface area contributed by atoms with Gasteiger partial charge < -0.3 is 5.32 Å². The number of anilines is 2. The van der Waals surface area contributed by atoms with Crippen molar-refractivity contribution in [2.24, 2.45) is 0 Å². The molecule has 1 aliphatic carbocycles. The molecule has 0 saturated heterocycles. The normalized spacial score (nSPS) is 11.4.